The molecule has 0 aromatic heterocycles. The third-order valence-corrected chi connectivity index (χ3v) is 6.52. The molecule has 4 nitrogen and oxygen atoms in total. The molecule has 1 aliphatic heterocycles. The minimum absolute atomic E-state index is 0.117. The van der Waals surface area contributed by atoms with Crippen LogP contribution in [0.15, 0.2) is 39.3 Å². The van der Waals surface area contributed by atoms with Crippen LogP contribution in [0.1, 0.15) is 36.6 Å². The fourth-order valence-corrected chi connectivity index (χ4v) is 4.53. The summed E-state index contributed by atoms with van der Waals surface area (Å²) in [6.07, 6.45) is 0.980. The Balaban J connectivity index is 1.90. The summed E-state index contributed by atoms with van der Waals surface area (Å²) < 4.78 is 14.0. The van der Waals surface area contributed by atoms with Gasteiger partial charge in [0, 0.05) is 22.0 Å². The molecule has 1 N–H and O–H groups in total. The SMILES string of the molecule is CCN(CC)CCOc1cc2c(cc1OC)CCNC2c1cc(Br)ccc1Br. The van der Waals surface area contributed by atoms with E-state index in [4.69, 9.17) is 9.47 Å². The summed E-state index contributed by atoms with van der Waals surface area (Å²) in [4.78, 5) is 2.36. The molecule has 2 aromatic rings. The van der Waals surface area contributed by atoms with Crippen molar-refractivity contribution >= 4 is 31.9 Å². The molecular formula is C22H28Br2N2O2. The molecule has 152 valence electrons. The number of methoxy groups -OCH3 is 1. The van der Waals surface area contributed by atoms with Crippen molar-refractivity contribution in [3.63, 3.8) is 0 Å². The minimum Gasteiger partial charge on any atom is -0.493 e. The Morgan fingerprint density at radius 1 is 1.07 bits per heavy atom. The molecule has 1 heterocycles. The number of rotatable bonds is 8. The van der Waals surface area contributed by atoms with E-state index in [1.807, 2.05) is 6.07 Å². The normalized spacial score (nSPS) is 16.1. The molecule has 0 radical (unpaired) electrons. The average Bonchev–Trinajstić information content (AvgIpc) is 2.72. The highest BCUT2D eigenvalue weighted by Gasteiger charge is 2.25. The van der Waals surface area contributed by atoms with Gasteiger partial charge in [0.2, 0.25) is 0 Å². The van der Waals surface area contributed by atoms with E-state index in [0.717, 1.165) is 53.0 Å². The van der Waals surface area contributed by atoms with Gasteiger partial charge in [-0.2, -0.15) is 0 Å². The number of benzene rings is 2. The van der Waals surface area contributed by atoms with Gasteiger partial charge in [0.25, 0.3) is 0 Å². The predicted molar refractivity (Wildman–Crippen MR) is 122 cm³/mol. The Morgan fingerprint density at radius 2 is 1.86 bits per heavy atom. The molecule has 2 aromatic carbocycles. The van der Waals surface area contributed by atoms with Gasteiger partial charge in [-0.3, -0.25) is 0 Å². The van der Waals surface area contributed by atoms with Crippen LogP contribution in [0.3, 0.4) is 0 Å². The molecular weight excluding hydrogens is 484 g/mol. The van der Waals surface area contributed by atoms with Crippen molar-refractivity contribution in [2.45, 2.75) is 26.3 Å². The smallest absolute Gasteiger partial charge is 0.161 e. The van der Waals surface area contributed by atoms with E-state index in [1.54, 1.807) is 7.11 Å². The summed E-state index contributed by atoms with van der Waals surface area (Å²) in [7, 11) is 1.71. The number of nitrogens with zero attached hydrogens (tertiary/aromatic N) is 1. The molecule has 28 heavy (non-hydrogen) atoms. The van der Waals surface area contributed by atoms with Crippen molar-refractivity contribution in [2.75, 3.05) is 39.9 Å². The fourth-order valence-electron chi connectivity index (χ4n) is 3.67. The third kappa shape index (κ3) is 4.90. The second kappa shape index (κ2) is 10.1. The molecule has 0 bridgehead atoms. The van der Waals surface area contributed by atoms with E-state index >= 15 is 0 Å². The number of nitrogens with one attached hydrogen (secondary N) is 1. The lowest BCUT2D eigenvalue weighted by Crippen LogP contribution is -2.31. The van der Waals surface area contributed by atoms with Crippen molar-refractivity contribution in [3.8, 4) is 11.5 Å². The highest BCUT2D eigenvalue weighted by molar-refractivity contribution is 9.11. The molecule has 0 saturated heterocycles. The molecule has 0 spiro atoms. The molecule has 0 saturated carbocycles. The first-order chi connectivity index (χ1) is 13.6. The topological polar surface area (TPSA) is 33.7 Å². The number of ether oxygens (including phenoxy) is 2. The van der Waals surface area contributed by atoms with Crippen LogP contribution in [0.25, 0.3) is 0 Å². The largest absolute Gasteiger partial charge is 0.493 e. The molecule has 0 aliphatic carbocycles. The van der Waals surface area contributed by atoms with Crippen LogP contribution >= 0.6 is 31.9 Å². The zero-order chi connectivity index (χ0) is 20.1. The Morgan fingerprint density at radius 3 is 2.57 bits per heavy atom. The zero-order valence-corrected chi connectivity index (χ0v) is 19.9. The van der Waals surface area contributed by atoms with Crippen molar-refractivity contribution in [3.05, 3.63) is 56.0 Å². The van der Waals surface area contributed by atoms with E-state index in [0.29, 0.717) is 6.61 Å². The van der Waals surface area contributed by atoms with E-state index in [1.165, 1.54) is 16.7 Å². The van der Waals surface area contributed by atoms with Crippen molar-refractivity contribution < 1.29 is 9.47 Å². The maximum atomic E-state index is 6.15. The van der Waals surface area contributed by atoms with Gasteiger partial charge in [-0.25, -0.2) is 0 Å². The van der Waals surface area contributed by atoms with Gasteiger partial charge < -0.3 is 19.7 Å². The van der Waals surface area contributed by atoms with Gasteiger partial charge in [-0.15, -0.1) is 0 Å². The van der Waals surface area contributed by atoms with Gasteiger partial charge in [0.15, 0.2) is 11.5 Å². The molecule has 6 heteroatoms. The second-order valence-corrected chi connectivity index (χ2v) is 8.65. The highest BCUT2D eigenvalue weighted by Crippen LogP contribution is 2.39. The van der Waals surface area contributed by atoms with Gasteiger partial charge in [0.1, 0.15) is 6.61 Å². The number of fused-ring (bicyclic) bond motifs is 1. The van der Waals surface area contributed by atoms with Crippen LogP contribution in [-0.4, -0.2) is 44.8 Å². The lowest BCUT2D eigenvalue weighted by Gasteiger charge is -2.29. The third-order valence-electron chi connectivity index (χ3n) is 5.31. The fraction of sp³-hybridized carbons (Fsp3) is 0.455. The summed E-state index contributed by atoms with van der Waals surface area (Å²) in [5.41, 5.74) is 3.78. The van der Waals surface area contributed by atoms with Crippen LogP contribution < -0.4 is 14.8 Å². The summed E-state index contributed by atoms with van der Waals surface area (Å²) in [6, 6.07) is 10.7. The second-order valence-electron chi connectivity index (χ2n) is 6.88. The molecule has 1 aliphatic rings. The summed E-state index contributed by atoms with van der Waals surface area (Å²) in [5, 5.41) is 3.66. The quantitative estimate of drug-likeness (QED) is 0.529. The molecule has 1 atom stereocenters. The Bertz CT molecular complexity index is 809. The number of hydrogen-bond donors (Lipinski definition) is 1. The van der Waals surface area contributed by atoms with Crippen molar-refractivity contribution in [1.29, 1.82) is 0 Å². The summed E-state index contributed by atoms with van der Waals surface area (Å²) in [6.45, 7) is 8.90. The predicted octanol–water partition coefficient (Wildman–Crippen LogP) is 5.18. The Labute approximate surface area is 184 Å². The molecule has 3 rings (SSSR count). The average molecular weight is 512 g/mol. The first-order valence-electron chi connectivity index (χ1n) is 9.81. The van der Waals surface area contributed by atoms with Crippen LogP contribution in [-0.2, 0) is 6.42 Å². The maximum absolute atomic E-state index is 6.15. The maximum Gasteiger partial charge on any atom is 0.161 e. The Hall–Kier alpha value is -1.08. The first kappa shape index (κ1) is 21.6. The highest BCUT2D eigenvalue weighted by atomic mass is 79.9. The molecule has 0 fully saturated rings. The van der Waals surface area contributed by atoms with E-state index < -0.39 is 0 Å². The lowest BCUT2D eigenvalue weighted by molar-refractivity contribution is 0.217. The van der Waals surface area contributed by atoms with Crippen molar-refractivity contribution in [1.82, 2.24) is 10.2 Å². The monoisotopic (exact) mass is 510 g/mol. The van der Waals surface area contributed by atoms with Crippen LogP contribution in [0, 0.1) is 0 Å². The van der Waals surface area contributed by atoms with E-state index in [2.05, 4.69) is 80.2 Å². The zero-order valence-electron chi connectivity index (χ0n) is 16.7. The van der Waals surface area contributed by atoms with Gasteiger partial charge in [-0.1, -0.05) is 45.7 Å². The van der Waals surface area contributed by atoms with Crippen LogP contribution in [0.4, 0.5) is 0 Å². The van der Waals surface area contributed by atoms with Gasteiger partial charge >= 0.3 is 0 Å². The first-order valence-corrected chi connectivity index (χ1v) is 11.4. The van der Waals surface area contributed by atoms with Crippen molar-refractivity contribution in [2.24, 2.45) is 0 Å². The number of hydrogen-bond acceptors (Lipinski definition) is 4. The van der Waals surface area contributed by atoms with Gasteiger partial charge in [0.05, 0.1) is 13.2 Å². The standard InChI is InChI=1S/C22H28Br2N2O2/c1-4-26(5-2)10-11-28-21-14-17-15(12-20(21)27-3)8-9-25-22(17)18-13-16(23)6-7-19(18)24/h6-7,12-14,22,25H,4-5,8-11H2,1-3H3. The number of likely N-dealkylation sites (N-methyl/N-ethyl adjacent to an activating group) is 1. The molecule has 1 unspecified atom stereocenters. The van der Waals surface area contributed by atoms with E-state index in [-0.39, 0.29) is 6.04 Å². The Kier molecular flexibility index (Phi) is 7.80. The van der Waals surface area contributed by atoms with Crippen LogP contribution in [0.5, 0.6) is 11.5 Å². The lowest BCUT2D eigenvalue weighted by atomic mass is 9.89. The number of halogens is 2. The summed E-state index contributed by atoms with van der Waals surface area (Å²) in [5.74, 6) is 1.63. The minimum atomic E-state index is 0.117. The summed E-state index contributed by atoms with van der Waals surface area (Å²) >= 11 is 7.32. The van der Waals surface area contributed by atoms with Crippen LogP contribution in [0.2, 0.25) is 0 Å². The van der Waals surface area contributed by atoms with E-state index in [9.17, 15) is 0 Å². The molecule has 0 amide bonds. The van der Waals surface area contributed by atoms with Gasteiger partial charge in [-0.05, 0) is 66.5 Å².